The summed E-state index contributed by atoms with van der Waals surface area (Å²) in [4.78, 5) is 20.6. The molecule has 4 nitrogen and oxygen atoms in total. The zero-order chi connectivity index (χ0) is 18.1. The molecule has 1 amide bonds. The van der Waals surface area contributed by atoms with Gasteiger partial charge in [0.05, 0.1) is 27.7 Å². The summed E-state index contributed by atoms with van der Waals surface area (Å²) >= 11 is 3.06. The minimum Gasteiger partial charge on any atom is -0.376 e. The molecule has 1 aliphatic rings. The average Bonchev–Trinajstić information content (AvgIpc) is 3.39. The molecule has 2 aromatic heterocycles. The van der Waals surface area contributed by atoms with Gasteiger partial charge in [0.1, 0.15) is 0 Å². The van der Waals surface area contributed by atoms with E-state index in [1.165, 1.54) is 16.9 Å². The first-order valence-electron chi connectivity index (χ1n) is 9.00. The molecule has 136 valence electrons. The van der Waals surface area contributed by atoms with Crippen LogP contribution >= 0.6 is 22.7 Å². The van der Waals surface area contributed by atoms with E-state index in [2.05, 4.69) is 32.0 Å². The van der Waals surface area contributed by atoms with Crippen LogP contribution in [0.3, 0.4) is 0 Å². The Morgan fingerprint density at radius 2 is 2.23 bits per heavy atom. The highest BCUT2D eigenvalue weighted by Crippen LogP contribution is 2.35. The number of amides is 1. The van der Waals surface area contributed by atoms with E-state index in [0.717, 1.165) is 39.7 Å². The van der Waals surface area contributed by atoms with Crippen molar-refractivity contribution in [2.45, 2.75) is 38.7 Å². The minimum absolute atomic E-state index is 0.0145. The van der Waals surface area contributed by atoms with Gasteiger partial charge in [0.15, 0.2) is 5.13 Å². The molecule has 0 spiro atoms. The van der Waals surface area contributed by atoms with Crippen LogP contribution in [0, 0.1) is 0 Å². The number of hydrogen-bond donors (Lipinski definition) is 0. The summed E-state index contributed by atoms with van der Waals surface area (Å²) in [6, 6.07) is 10.1. The van der Waals surface area contributed by atoms with Gasteiger partial charge in [-0.2, -0.15) is 0 Å². The Morgan fingerprint density at radius 3 is 2.92 bits per heavy atom. The van der Waals surface area contributed by atoms with Gasteiger partial charge >= 0.3 is 0 Å². The molecular formula is C20H22N2O2S2. The highest BCUT2D eigenvalue weighted by Gasteiger charge is 2.27. The standard InChI is InChI=1S/C20H22N2O2S2/c1-13(2)15-7-3-8-16-18(15)21-20(26-16)22(12-14-6-4-10-24-14)19(23)17-9-5-11-25-17/h3,5,7-9,11,13-14H,4,6,10,12H2,1-2H3. The fourth-order valence-corrected chi connectivity index (χ4v) is 4.99. The number of aromatic nitrogens is 1. The van der Waals surface area contributed by atoms with Crippen molar-refractivity contribution in [3.05, 3.63) is 46.2 Å². The second-order valence-electron chi connectivity index (χ2n) is 6.87. The number of hydrogen-bond acceptors (Lipinski definition) is 5. The summed E-state index contributed by atoms with van der Waals surface area (Å²) in [5, 5.41) is 2.70. The maximum absolute atomic E-state index is 13.1. The molecule has 4 rings (SSSR count). The van der Waals surface area contributed by atoms with E-state index in [1.54, 1.807) is 11.3 Å². The summed E-state index contributed by atoms with van der Waals surface area (Å²) in [5.41, 5.74) is 2.24. The summed E-state index contributed by atoms with van der Waals surface area (Å²) in [5.74, 6) is 0.411. The average molecular weight is 387 g/mol. The van der Waals surface area contributed by atoms with Gasteiger partial charge < -0.3 is 4.74 Å². The molecule has 1 aliphatic heterocycles. The van der Waals surface area contributed by atoms with Crippen LogP contribution in [0.15, 0.2) is 35.7 Å². The van der Waals surface area contributed by atoms with E-state index in [0.29, 0.717) is 12.5 Å². The SMILES string of the molecule is CC(C)c1cccc2sc(N(CC3CCCO3)C(=O)c3cccs3)nc12. The molecule has 0 aliphatic carbocycles. The maximum Gasteiger partial charge on any atom is 0.270 e. The van der Waals surface area contributed by atoms with Crippen molar-refractivity contribution in [2.75, 3.05) is 18.1 Å². The molecule has 0 saturated carbocycles. The molecule has 26 heavy (non-hydrogen) atoms. The molecule has 1 saturated heterocycles. The predicted molar refractivity (Wildman–Crippen MR) is 109 cm³/mol. The number of carbonyl (C=O) groups is 1. The van der Waals surface area contributed by atoms with Crippen molar-refractivity contribution in [3.8, 4) is 0 Å². The lowest BCUT2D eigenvalue weighted by Gasteiger charge is -2.22. The van der Waals surface area contributed by atoms with Crippen LogP contribution in [0.5, 0.6) is 0 Å². The second-order valence-corrected chi connectivity index (χ2v) is 8.83. The van der Waals surface area contributed by atoms with E-state index in [-0.39, 0.29) is 12.0 Å². The van der Waals surface area contributed by atoms with E-state index in [4.69, 9.17) is 9.72 Å². The molecule has 1 aromatic carbocycles. The zero-order valence-electron chi connectivity index (χ0n) is 15.0. The van der Waals surface area contributed by atoms with E-state index < -0.39 is 0 Å². The van der Waals surface area contributed by atoms with Crippen molar-refractivity contribution >= 4 is 43.9 Å². The van der Waals surface area contributed by atoms with Crippen LogP contribution in [0.2, 0.25) is 0 Å². The predicted octanol–water partition coefficient (Wildman–Crippen LogP) is 5.31. The molecule has 6 heteroatoms. The van der Waals surface area contributed by atoms with Gasteiger partial charge in [-0.15, -0.1) is 11.3 Å². The monoisotopic (exact) mass is 386 g/mol. The van der Waals surface area contributed by atoms with Gasteiger partial charge in [-0.3, -0.25) is 9.69 Å². The van der Waals surface area contributed by atoms with Crippen LogP contribution in [0.4, 0.5) is 5.13 Å². The first-order valence-corrected chi connectivity index (χ1v) is 10.7. The van der Waals surface area contributed by atoms with Gasteiger partial charge in [-0.05, 0) is 41.8 Å². The molecule has 1 fully saturated rings. The van der Waals surface area contributed by atoms with E-state index >= 15 is 0 Å². The van der Waals surface area contributed by atoms with E-state index in [9.17, 15) is 4.79 Å². The first-order chi connectivity index (χ1) is 12.6. The summed E-state index contributed by atoms with van der Waals surface area (Å²) < 4.78 is 6.92. The Kier molecular flexibility index (Phi) is 5.07. The number of carbonyl (C=O) groups excluding carboxylic acids is 1. The lowest BCUT2D eigenvalue weighted by Crippen LogP contribution is -2.37. The van der Waals surface area contributed by atoms with Gasteiger partial charge in [0.25, 0.3) is 5.91 Å². The first kappa shape index (κ1) is 17.6. The Balaban J connectivity index is 1.74. The Bertz CT molecular complexity index is 896. The number of benzene rings is 1. The highest BCUT2D eigenvalue weighted by atomic mass is 32.1. The second kappa shape index (κ2) is 7.47. The fraction of sp³-hybridized carbons (Fsp3) is 0.400. The minimum atomic E-state index is 0.0145. The number of para-hydroxylation sites is 1. The molecule has 3 aromatic rings. The highest BCUT2D eigenvalue weighted by molar-refractivity contribution is 7.22. The third-order valence-electron chi connectivity index (χ3n) is 4.68. The van der Waals surface area contributed by atoms with Crippen LogP contribution in [0.25, 0.3) is 10.2 Å². The molecule has 0 radical (unpaired) electrons. The largest absolute Gasteiger partial charge is 0.376 e. The van der Waals surface area contributed by atoms with Crippen molar-refractivity contribution in [1.29, 1.82) is 0 Å². The number of fused-ring (bicyclic) bond motifs is 1. The Labute approximate surface area is 161 Å². The topological polar surface area (TPSA) is 42.4 Å². The van der Waals surface area contributed by atoms with Gasteiger partial charge in [0, 0.05) is 6.61 Å². The molecule has 1 atom stereocenters. The van der Waals surface area contributed by atoms with Gasteiger partial charge in [-0.25, -0.2) is 4.98 Å². The third kappa shape index (κ3) is 3.41. The molecular weight excluding hydrogens is 364 g/mol. The number of ether oxygens (including phenoxy) is 1. The van der Waals surface area contributed by atoms with Gasteiger partial charge in [-0.1, -0.05) is 43.4 Å². The van der Waals surface area contributed by atoms with E-state index in [1.807, 2.05) is 22.4 Å². The molecule has 0 bridgehead atoms. The van der Waals surface area contributed by atoms with Crippen molar-refractivity contribution in [2.24, 2.45) is 0 Å². The fourth-order valence-electron chi connectivity index (χ4n) is 3.31. The quantitative estimate of drug-likeness (QED) is 0.597. The smallest absolute Gasteiger partial charge is 0.270 e. The number of anilines is 1. The molecule has 3 heterocycles. The Morgan fingerprint density at radius 1 is 1.35 bits per heavy atom. The number of thiazole rings is 1. The van der Waals surface area contributed by atoms with Crippen molar-refractivity contribution in [3.63, 3.8) is 0 Å². The van der Waals surface area contributed by atoms with Crippen molar-refractivity contribution < 1.29 is 9.53 Å². The summed E-state index contributed by atoms with van der Waals surface area (Å²) in [6.07, 6.45) is 2.15. The lowest BCUT2D eigenvalue weighted by molar-refractivity contribution is 0.0920. The third-order valence-corrected chi connectivity index (χ3v) is 6.58. The van der Waals surface area contributed by atoms with Crippen LogP contribution in [-0.4, -0.2) is 30.1 Å². The number of nitrogens with zero attached hydrogens (tertiary/aromatic N) is 2. The van der Waals surface area contributed by atoms with Crippen LogP contribution in [-0.2, 0) is 4.74 Å². The lowest BCUT2D eigenvalue weighted by atomic mass is 10.0. The Hall–Kier alpha value is -1.76. The summed E-state index contributed by atoms with van der Waals surface area (Å²) in [6.45, 7) is 5.69. The maximum atomic E-state index is 13.1. The molecule has 0 N–H and O–H groups in total. The zero-order valence-corrected chi connectivity index (χ0v) is 16.6. The van der Waals surface area contributed by atoms with Crippen molar-refractivity contribution in [1.82, 2.24) is 4.98 Å². The van der Waals surface area contributed by atoms with Crippen LogP contribution in [0.1, 0.15) is 47.8 Å². The summed E-state index contributed by atoms with van der Waals surface area (Å²) in [7, 11) is 0. The van der Waals surface area contributed by atoms with Crippen LogP contribution < -0.4 is 4.90 Å². The number of rotatable bonds is 5. The molecule has 1 unspecified atom stereocenters. The van der Waals surface area contributed by atoms with Gasteiger partial charge in [0.2, 0.25) is 0 Å². The number of thiophene rings is 1. The normalized spacial score (nSPS) is 17.3.